The maximum atomic E-state index is 5.84. The van der Waals surface area contributed by atoms with Crippen LogP contribution in [0.4, 0.5) is 0 Å². The second-order valence-corrected chi connectivity index (χ2v) is 7.23. The van der Waals surface area contributed by atoms with Gasteiger partial charge in [0.15, 0.2) is 0 Å². The van der Waals surface area contributed by atoms with Gasteiger partial charge in [0.25, 0.3) is 0 Å². The predicted octanol–water partition coefficient (Wildman–Crippen LogP) is 3.67. The van der Waals surface area contributed by atoms with Crippen molar-refractivity contribution >= 4 is 0 Å². The molecule has 0 aliphatic heterocycles. The molecule has 4 aliphatic carbocycles. The molecular formula is C17H24O. The van der Waals surface area contributed by atoms with E-state index in [1.165, 1.54) is 19.3 Å². The summed E-state index contributed by atoms with van der Waals surface area (Å²) in [5, 5.41) is 0. The van der Waals surface area contributed by atoms with E-state index in [1.807, 2.05) is 0 Å². The van der Waals surface area contributed by atoms with E-state index in [-0.39, 0.29) is 0 Å². The molecule has 7 atom stereocenters. The van der Waals surface area contributed by atoms with Gasteiger partial charge in [0, 0.05) is 0 Å². The zero-order valence-corrected chi connectivity index (χ0v) is 11.3. The minimum Gasteiger partial charge on any atom is -0.377 e. The summed E-state index contributed by atoms with van der Waals surface area (Å²) in [4.78, 5) is 0. The lowest BCUT2D eigenvalue weighted by molar-refractivity contribution is 0.0568. The highest BCUT2D eigenvalue weighted by molar-refractivity contribution is 5.20. The first-order valence-corrected chi connectivity index (χ1v) is 7.64. The average molecular weight is 244 g/mol. The van der Waals surface area contributed by atoms with Gasteiger partial charge in [-0.15, -0.1) is 0 Å². The van der Waals surface area contributed by atoms with E-state index < -0.39 is 0 Å². The lowest BCUT2D eigenvalue weighted by Crippen LogP contribution is -2.32. The quantitative estimate of drug-likeness (QED) is 0.541. The molecule has 0 aromatic carbocycles. The van der Waals surface area contributed by atoms with Crippen LogP contribution in [0.5, 0.6) is 0 Å². The molecule has 0 heterocycles. The third-order valence-electron chi connectivity index (χ3n) is 6.09. The van der Waals surface area contributed by atoms with E-state index >= 15 is 0 Å². The summed E-state index contributed by atoms with van der Waals surface area (Å²) in [6.45, 7) is 7.71. The van der Waals surface area contributed by atoms with Gasteiger partial charge in [0.2, 0.25) is 0 Å². The maximum absolute atomic E-state index is 5.84. The van der Waals surface area contributed by atoms with Gasteiger partial charge in [-0.1, -0.05) is 24.3 Å². The lowest BCUT2D eigenvalue weighted by Gasteiger charge is -2.36. The van der Waals surface area contributed by atoms with Gasteiger partial charge >= 0.3 is 0 Å². The topological polar surface area (TPSA) is 9.23 Å². The second-order valence-electron chi connectivity index (χ2n) is 7.23. The third kappa shape index (κ3) is 1.49. The zero-order valence-electron chi connectivity index (χ0n) is 11.3. The number of allylic oxidation sites excluding steroid dienone is 2. The van der Waals surface area contributed by atoms with Crippen molar-refractivity contribution in [3.05, 3.63) is 24.3 Å². The normalized spacial score (nSPS) is 51.1. The Labute approximate surface area is 110 Å². The highest BCUT2D eigenvalue weighted by Crippen LogP contribution is 2.66. The molecule has 4 aliphatic rings. The minimum absolute atomic E-state index is 0.758. The minimum atomic E-state index is 0.758. The molecule has 0 N–H and O–H groups in total. The van der Waals surface area contributed by atoms with E-state index in [1.54, 1.807) is 0 Å². The number of ether oxygens (including phenoxy) is 1. The van der Waals surface area contributed by atoms with Crippen molar-refractivity contribution in [2.24, 2.45) is 41.4 Å². The first kappa shape index (κ1) is 11.3. The maximum Gasteiger partial charge on any atom is 0.0671 e. The monoisotopic (exact) mass is 244 g/mol. The van der Waals surface area contributed by atoms with E-state index in [0.717, 1.165) is 60.2 Å². The van der Waals surface area contributed by atoms with Crippen LogP contribution in [0.15, 0.2) is 24.3 Å². The van der Waals surface area contributed by atoms with E-state index in [4.69, 9.17) is 4.74 Å². The molecule has 4 bridgehead atoms. The Bertz CT molecular complexity index is 396. The van der Waals surface area contributed by atoms with Crippen LogP contribution in [-0.4, -0.2) is 13.2 Å². The van der Waals surface area contributed by atoms with Crippen molar-refractivity contribution in [2.45, 2.75) is 26.2 Å². The number of fused-ring (bicyclic) bond motifs is 9. The summed E-state index contributed by atoms with van der Waals surface area (Å²) in [7, 11) is 0. The first-order valence-electron chi connectivity index (χ1n) is 7.64. The van der Waals surface area contributed by atoms with E-state index in [2.05, 4.69) is 25.7 Å². The fraction of sp³-hybridized carbons (Fsp3) is 0.765. The Morgan fingerprint density at radius 3 is 2.72 bits per heavy atom. The molecule has 4 rings (SSSR count). The molecule has 0 aromatic rings. The number of hydrogen-bond acceptors (Lipinski definition) is 1. The first-order chi connectivity index (χ1) is 8.74. The predicted molar refractivity (Wildman–Crippen MR) is 73.1 cm³/mol. The Hall–Kier alpha value is -0.560. The van der Waals surface area contributed by atoms with Gasteiger partial charge in [-0.05, 0) is 67.6 Å². The highest BCUT2D eigenvalue weighted by atomic mass is 16.5. The van der Waals surface area contributed by atoms with Gasteiger partial charge in [0.1, 0.15) is 0 Å². The van der Waals surface area contributed by atoms with Crippen molar-refractivity contribution in [3.8, 4) is 0 Å². The van der Waals surface area contributed by atoms with Crippen molar-refractivity contribution in [2.75, 3.05) is 13.2 Å². The van der Waals surface area contributed by atoms with Crippen LogP contribution in [-0.2, 0) is 4.74 Å². The lowest BCUT2D eigenvalue weighted by atomic mass is 9.69. The van der Waals surface area contributed by atoms with Crippen LogP contribution < -0.4 is 0 Å². The standard InChI is InChI=1S/C17H24O/c1-10(2)8-18-9-14-6-13-7-15(14)17-12-4-3-11(5-12)16(13)17/h3-4,11-17H,1,5-9H2,2H3. The molecule has 18 heavy (non-hydrogen) atoms. The van der Waals surface area contributed by atoms with Gasteiger partial charge < -0.3 is 4.74 Å². The molecule has 1 nitrogen and oxygen atoms in total. The van der Waals surface area contributed by atoms with E-state index in [0.29, 0.717) is 0 Å². The van der Waals surface area contributed by atoms with Gasteiger partial charge in [-0.25, -0.2) is 0 Å². The largest absolute Gasteiger partial charge is 0.377 e. The molecule has 7 unspecified atom stereocenters. The molecule has 98 valence electrons. The summed E-state index contributed by atoms with van der Waals surface area (Å²) in [5.41, 5.74) is 1.15. The fourth-order valence-corrected chi connectivity index (χ4v) is 5.73. The molecule has 0 amide bonds. The van der Waals surface area contributed by atoms with Gasteiger partial charge in [-0.3, -0.25) is 0 Å². The molecule has 0 aromatic heterocycles. The van der Waals surface area contributed by atoms with Crippen LogP contribution in [0.1, 0.15) is 26.2 Å². The second kappa shape index (κ2) is 3.96. The molecule has 3 saturated carbocycles. The SMILES string of the molecule is C=C(C)COCC1CC2CC1C1C3C=CC(C3)C21. The summed E-state index contributed by atoms with van der Waals surface area (Å²) in [6, 6.07) is 0. The molecule has 0 spiro atoms. The summed E-state index contributed by atoms with van der Waals surface area (Å²) >= 11 is 0. The number of rotatable bonds is 4. The Morgan fingerprint density at radius 1 is 1.17 bits per heavy atom. The van der Waals surface area contributed by atoms with Gasteiger partial charge in [0.05, 0.1) is 13.2 Å². The Balaban J connectivity index is 1.43. The van der Waals surface area contributed by atoms with Crippen LogP contribution >= 0.6 is 0 Å². The van der Waals surface area contributed by atoms with Crippen molar-refractivity contribution in [3.63, 3.8) is 0 Å². The Morgan fingerprint density at radius 2 is 1.94 bits per heavy atom. The smallest absolute Gasteiger partial charge is 0.0671 e. The molecule has 1 heteroatoms. The summed E-state index contributed by atoms with van der Waals surface area (Å²) < 4.78 is 5.84. The fourth-order valence-electron chi connectivity index (χ4n) is 5.73. The van der Waals surface area contributed by atoms with Crippen molar-refractivity contribution in [1.82, 2.24) is 0 Å². The highest BCUT2D eigenvalue weighted by Gasteiger charge is 2.60. The van der Waals surface area contributed by atoms with Crippen LogP contribution in [0.2, 0.25) is 0 Å². The molecule has 3 fully saturated rings. The summed E-state index contributed by atoms with van der Waals surface area (Å²) in [5.74, 6) is 6.82. The number of hydrogen-bond donors (Lipinski definition) is 0. The Kier molecular flexibility index (Phi) is 2.49. The molecule has 0 radical (unpaired) electrons. The van der Waals surface area contributed by atoms with E-state index in [9.17, 15) is 0 Å². The van der Waals surface area contributed by atoms with Crippen LogP contribution in [0.25, 0.3) is 0 Å². The van der Waals surface area contributed by atoms with Crippen LogP contribution in [0, 0.1) is 41.4 Å². The van der Waals surface area contributed by atoms with Crippen LogP contribution in [0.3, 0.4) is 0 Å². The molecular weight excluding hydrogens is 220 g/mol. The summed E-state index contributed by atoms with van der Waals surface area (Å²) in [6.07, 6.45) is 9.48. The zero-order chi connectivity index (χ0) is 12.3. The van der Waals surface area contributed by atoms with Gasteiger partial charge in [-0.2, -0.15) is 0 Å². The molecule has 0 saturated heterocycles. The van der Waals surface area contributed by atoms with Crippen molar-refractivity contribution in [1.29, 1.82) is 0 Å². The average Bonchev–Trinajstić information content (AvgIpc) is 3.06. The third-order valence-corrected chi connectivity index (χ3v) is 6.09. The van der Waals surface area contributed by atoms with Crippen molar-refractivity contribution < 1.29 is 4.74 Å².